The van der Waals surface area contributed by atoms with Gasteiger partial charge >= 0.3 is 0 Å². The lowest BCUT2D eigenvalue weighted by Gasteiger charge is -2.09. The molecule has 3 heterocycles. The van der Waals surface area contributed by atoms with Crippen LogP contribution in [0.2, 0.25) is 0 Å². The van der Waals surface area contributed by atoms with Crippen molar-refractivity contribution in [2.75, 3.05) is 12.4 Å². The Morgan fingerprint density at radius 1 is 0.939 bits per heavy atom. The first-order valence-corrected chi connectivity index (χ1v) is 10.4. The summed E-state index contributed by atoms with van der Waals surface area (Å²) < 4.78 is 6.94. The second-order valence-electron chi connectivity index (χ2n) is 7.41. The van der Waals surface area contributed by atoms with Gasteiger partial charge in [-0.25, -0.2) is 0 Å². The number of methoxy groups -OCH3 is 1. The lowest BCUT2D eigenvalue weighted by atomic mass is 10.1. The Hall–Kier alpha value is -4.59. The summed E-state index contributed by atoms with van der Waals surface area (Å²) >= 11 is 0. The number of nitrogens with one attached hydrogen (secondary N) is 1. The molecule has 8 nitrogen and oxygen atoms in total. The molecule has 0 aliphatic rings. The molecule has 0 bridgehead atoms. The van der Waals surface area contributed by atoms with Crippen molar-refractivity contribution in [1.29, 1.82) is 0 Å². The second kappa shape index (κ2) is 8.88. The molecule has 3 aromatic heterocycles. The zero-order chi connectivity index (χ0) is 22.6. The van der Waals surface area contributed by atoms with Crippen LogP contribution in [0.15, 0.2) is 85.2 Å². The van der Waals surface area contributed by atoms with E-state index in [2.05, 4.69) is 20.5 Å². The van der Waals surface area contributed by atoms with Gasteiger partial charge in [0, 0.05) is 29.2 Å². The largest absolute Gasteiger partial charge is 0.497 e. The molecule has 0 radical (unpaired) electrons. The summed E-state index contributed by atoms with van der Waals surface area (Å²) in [6, 6.07) is 22.5. The van der Waals surface area contributed by atoms with Crippen LogP contribution in [0.4, 0.5) is 5.69 Å². The van der Waals surface area contributed by atoms with Crippen LogP contribution in [0.1, 0.15) is 5.56 Å². The third-order valence-electron chi connectivity index (χ3n) is 5.14. The molecule has 8 heteroatoms. The van der Waals surface area contributed by atoms with Crippen molar-refractivity contribution >= 4 is 17.2 Å². The maximum atomic E-state index is 12.6. The summed E-state index contributed by atoms with van der Waals surface area (Å²) in [4.78, 5) is 16.6. The van der Waals surface area contributed by atoms with E-state index in [4.69, 9.17) is 9.84 Å². The van der Waals surface area contributed by atoms with Crippen molar-refractivity contribution < 1.29 is 9.53 Å². The van der Waals surface area contributed by atoms with Gasteiger partial charge in [0.25, 0.3) is 0 Å². The molecular weight excluding hydrogens is 416 g/mol. The van der Waals surface area contributed by atoms with E-state index in [0.717, 1.165) is 28.1 Å². The van der Waals surface area contributed by atoms with Gasteiger partial charge in [-0.1, -0.05) is 24.3 Å². The average molecular weight is 436 g/mol. The quantitative estimate of drug-likeness (QED) is 0.432. The third kappa shape index (κ3) is 4.40. The fourth-order valence-electron chi connectivity index (χ4n) is 3.55. The highest BCUT2D eigenvalue weighted by atomic mass is 16.5. The van der Waals surface area contributed by atoms with Crippen LogP contribution in [0.3, 0.4) is 0 Å². The van der Waals surface area contributed by atoms with Gasteiger partial charge in [-0.15, -0.1) is 10.2 Å². The fraction of sp³-hybridized carbons (Fsp3) is 0.0800. The molecule has 5 rings (SSSR count). The number of hydrogen-bond acceptors (Lipinski definition) is 6. The highest BCUT2D eigenvalue weighted by Gasteiger charge is 2.12. The monoisotopic (exact) mass is 436 g/mol. The molecule has 0 saturated carbocycles. The Morgan fingerprint density at radius 3 is 2.64 bits per heavy atom. The molecule has 0 spiro atoms. The minimum Gasteiger partial charge on any atom is -0.497 e. The summed E-state index contributed by atoms with van der Waals surface area (Å²) in [5.74, 6) is 1.25. The van der Waals surface area contributed by atoms with Crippen LogP contribution in [-0.4, -0.2) is 37.8 Å². The molecule has 0 atom stereocenters. The van der Waals surface area contributed by atoms with Crippen molar-refractivity contribution in [2.24, 2.45) is 0 Å². The Labute approximate surface area is 189 Å². The predicted octanol–water partition coefficient (Wildman–Crippen LogP) is 4.04. The van der Waals surface area contributed by atoms with Crippen LogP contribution >= 0.6 is 0 Å². The third-order valence-corrected chi connectivity index (χ3v) is 5.14. The highest BCUT2D eigenvalue weighted by molar-refractivity contribution is 5.93. The molecule has 0 saturated heterocycles. The molecule has 0 aliphatic heterocycles. The maximum absolute atomic E-state index is 12.6. The molecule has 5 aromatic rings. The number of carbonyl (C=O) groups is 1. The number of carbonyl (C=O) groups excluding carboxylic acids is 1. The van der Waals surface area contributed by atoms with Gasteiger partial charge in [-0.05, 0) is 54.1 Å². The average Bonchev–Trinajstić information content (AvgIpc) is 3.28. The topological polar surface area (TPSA) is 94.3 Å². The number of ether oxygens (including phenoxy) is 1. The predicted molar refractivity (Wildman–Crippen MR) is 125 cm³/mol. The Balaban J connectivity index is 1.39. The molecule has 162 valence electrons. The molecule has 0 fully saturated rings. The number of rotatable bonds is 6. The maximum Gasteiger partial charge on any atom is 0.228 e. The van der Waals surface area contributed by atoms with Gasteiger partial charge in [0.2, 0.25) is 5.91 Å². The van der Waals surface area contributed by atoms with Crippen molar-refractivity contribution in [1.82, 2.24) is 24.8 Å². The lowest BCUT2D eigenvalue weighted by molar-refractivity contribution is -0.115. The fourth-order valence-corrected chi connectivity index (χ4v) is 3.55. The normalized spacial score (nSPS) is 10.8. The van der Waals surface area contributed by atoms with Crippen molar-refractivity contribution in [3.63, 3.8) is 0 Å². The Bertz CT molecular complexity index is 1430. The number of fused-ring (bicyclic) bond motifs is 1. The lowest BCUT2D eigenvalue weighted by Crippen LogP contribution is -2.14. The number of aromatic nitrogens is 5. The van der Waals surface area contributed by atoms with Gasteiger partial charge in [-0.3, -0.25) is 9.78 Å². The van der Waals surface area contributed by atoms with Crippen LogP contribution in [-0.2, 0) is 11.2 Å². The molecule has 0 unspecified atom stereocenters. The van der Waals surface area contributed by atoms with E-state index in [1.54, 1.807) is 24.0 Å². The van der Waals surface area contributed by atoms with Gasteiger partial charge in [0.1, 0.15) is 5.75 Å². The van der Waals surface area contributed by atoms with E-state index < -0.39 is 0 Å². The van der Waals surface area contributed by atoms with Crippen molar-refractivity contribution in [3.05, 3.63) is 90.8 Å². The SMILES string of the molecule is COc1cccc(CC(=O)Nc2cccc(-c3ccc4nnc(-c5ccncc5)n4n3)c2)c1. The summed E-state index contributed by atoms with van der Waals surface area (Å²) in [7, 11) is 1.61. The minimum absolute atomic E-state index is 0.109. The zero-order valence-electron chi connectivity index (χ0n) is 17.8. The van der Waals surface area contributed by atoms with E-state index in [-0.39, 0.29) is 12.3 Å². The van der Waals surface area contributed by atoms with Gasteiger partial charge in [0.15, 0.2) is 11.5 Å². The number of benzene rings is 2. The zero-order valence-corrected chi connectivity index (χ0v) is 17.8. The number of hydrogen-bond donors (Lipinski definition) is 1. The first-order valence-electron chi connectivity index (χ1n) is 10.4. The minimum atomic E-state index is -0.109. The number of pyridine rings is 1. The standard InChI is InChI=1S/C25H20N6O2/c1-33-21-7-2-4-17(14-21)15-24(32)27-20-6-3-5-19(16-20)22-8-9-23-28-29-25(31(23)30-22)18-10-12-26-13-11-18/h2-14,16H,15H2,1H3,(H,27,32). The summed E-state index contributed by atoms with van der Waals surface area (Å²) in [6.45, 7) is 0. The summed E-state index contributed by atoms with van der Waals surface area (Å²) in [6.07, 6.45) is 3.66. The summed E-state index contributed by atoms with van der Waals surface area (Å²) in [5.41, 5.74) is 4.70. The molecule has 2 aromatic carbocycles. The highest BCUT2D eigenvalue weighted by Crippen LogP contribution is 2.23. The number of amides is 1. The smallest absolute Gasteiger partial charge is 0.228 e. The molecule has 0 aliphatic carbocycles. The van der Waals surface area contributed by atoms with Crippen LogP contribution in [0.25, 0.3) is 28.3 Å². The van der Waals surface area contributed by atoms with Crippen LogP contribution in [0.5, 0.6) is 5.75 Å². The van der Waals surface area contributed by atoms with Gasteiger partial charge in [-0.2, -0.15) is 9.61 Å². The van der Waals surface area contributed by atoms with E-state index in [0.29, 0.717) is 17.2 Å². The van der Waals surface area contributed by atoms with Gasteiger partial charge in [0.05, 0.1) is 19.2 Å². The number of anilines is 1. The first-order chi connectivity index (χ1) is 16.2. The second-order valence-corrected chi connectivity index (χ2v) is 7.41. The molecular formula is C25H20N6O2. The Morgan fingerprint density at radius 2 is 1.79 bits per heavy atom. The van der Waals surface area contributed by atoms with E-state index in [1.165, 1.54) is 0 Å². The molecule has 1 amide bonds. The van der Waals surface area contributed by atoms with E-state index >= 15 is 0 Å². The Kier molecular flexibility index (Phi) is 5.47. The molecule has 1 N–H and O–H groups in total. The van der Waals surface area contributed by atoms with Crippen LogP contribution in [0, 0.1) is 0 Å². The molecule has 33 heavy (non-hydrogen) atoms. The van der Waals surface area contributed by atoms with Crippen molar-refractivity contribution in [3.8, 4) is 28.4 Å². The number of nitrogens with zero attached hydrogens (tertiary/aromatic N) is 5. The summed E-state index contributed by atoms with van der Waals surface area (Å²) in [5, 5.41) is 16.2. The van der Waals surface area contributed by atoms with E-state index in [1.807, 2.05) is 72.8 Å². The first kappa shape index (κ1) is 20.3. The van der Waals surface area contributed by atoms with Crippen molar-refractivity contribution in [2.45, 2.75) is 6.42 Å². The van der Waals surface area contributed by atoms with Gasteiger partial charge < -0.3 is 10.1 Å². The van der Waals surface area contributed by atoms with E-state index in [9.17, 15) is 4.79 Å². The van der Waals surface area contributed by atoms with Crippen LogP contribution < -0.4 is 10.1 Å².